The number of amides is 1. The van der Waals surface area contributed by atoms with Crippen molar-refractivity contribution in [1.29, 1.82) is 0 Å². The molecule has 7 rings (SSSR count). The lowest BCUT2D eigenvalue weighted by molar-refractivity contribution is -0.121. The summed E-state index contributed by atoms with van der Waals surface area (Å²) in [4.78, 5) is 46.3. The van der Waals surface area contributed by atoms with Gasteiger partial charge in [0.25, 0.3) is 0 Å². The fraction of sp³-hybridized carbons (Fsp3) is 0.171. The van der Waals surface area contributed by atoms with Gasteiger partial charge in [0, 0.05) is 27.0 Å². The van der Waals surface area contributed by atoms with Crippen LogP contribution in [0, 0.1) is 5.92 Å². The van der Waals surface area contributed by atoms with E-state index in [1.54, 1.807) is 30.3 Å². The van der Waals surface area contributed by atoms with Crippen molar-refractivity contribution in [2.75, 3.05) is 24.4 Å². The van der Waals surface area contributed by atoms with Crippen LogP contribution in [-0.4, -0.2) is 43.8 Å². The highest BCUT2D eigenvalue weighted by Gasteiger charge is 2.71. The maximum absolute atomic E-state index is 14.9. The summed E-state index contributed by atoms with van der Waals surface area (Å²) in [6, 6.07) is 25.7. The predicted octanol–water partition coefficient (Wildman–Crippen LogP) is 6.32. The van der Waals surface area contributed by atoms with Gasteiger partial charge < -0.3 is 19.7 Å². The third kappa shape index (κ3) is 3.89. The fourth-order valence-electron chi connectivity index (χ4n) is 7.08. The number of halogens is 1. The van der Waals surface area contributed by atoms with Gasteiger partial charge in [-0.2, -0.15) is 0 Å². The summed E-state index contributed by atoms with van der Waals surface area (Å²) < 4.78 is 11.8. The number of nitrogens with one attached hydrogen (secondary N) is 1. The molecule has 4 aromatic rings. The highest BCUT2D eigenvalue weighted by atomic mass is 79.9. The Balaban J connectivity index is 1.52. The summed E-state index contributed by atoms with van der Waals surface area (Å²) in [5.41, 5.74) is 2.23. The van der Waals surface area contributed by atoms with Crippen LogP contribution in [0.15, 0.2) is 102 Å². The summed E-state index contributed by atoms with van der Waals surface area (Å²) >= 11 is 3.46. The van der Waals surface area contributed by atoms with E-state index in [2.05, 4.69) is 21.2 Å². The molecule has 0 bridgehead atoms. The zero-order valence-electron chi connectivity index (χ0n) is 23.4. The number of Topliss-reactive ketones (excluding diaryl/α,β-unsaturated/α-hetero) is 2. The number of para-hydroxylation sites is 2. The van der Waals surface area contributed by atoms with Gasteiger partial charge in [-0.05, 0) is 53.6 Å². The van der Waals surface area contributed by atoms with E-state index in [9.17, 15) is 14.4 Å². The van der Waals surface area contributed by atoms with E-state index in [1.165, 1.54) is 14.2 Å². The number of benzene rings is 4. The second kappa shape index (κ2) is 10.2. The Morgan fingerprint density at radius 1 is 0.837 bits per heavy atom. The molecule has 1 saturated heterocycles. The van der Waals surface area contributed by atoms with Gasteiger partial charge in [-0.3, -0.25) is 14.4 Å². The lowest BCUT2D eigenvalue weighted by atomic mass is 9.63. The van der Waals surface area contributed by atoms with Gasteiger partial charge in [-0.25, -0.2) is 0 Å². The Morgan fingerprint density at radius 2 is 1.53 bits per heavy atom. The number of nitrogens with zero attached hydrogens (tertiary/aromatic N) is 1. The van der Waals surface area contributed by atoms with E-state index in [4.69, 9.17) is 9.47 Å². The Morgan fingerprint density at radius 3 is 2.30 bits per heavy atom. The van der Waals surface area contributed by atoms with Gasteiger partial charge in [-0.1, -0.05) is 76.6 Å². The van der Waals surface area contributed by atoms with Crippen LogP contribution in [0.2, 0.25) is 0 Å². The van der Waals surface area contributed by atoms with Crippen LogP contribution >= 0.6 is 15.9 Å². The van der Waals surface area contributed by atoms with Crippen LogP contribution in [0.3, 0.4) is 0 Å². The number of anilines is 2. The summed E-state index contributed by atoms with van der Waals surface area (Å²) in [5.74, 6) is -0.928. The lowest BCUT2D eigenvalue weighted by Crippen LogP contribution is -2.55. The minimum absolute atomic E-state index is 0.239. The number of carbonyl (C=O) groups excluding carboxylic acids is 3. The molecular formula is C35H27BrN2O5. The average molecular weight is 636 g/mol. The summed E-state index contributed by atoms with van der Waals surface area (Å²) in [5, 5.41) is 3.04. The zero-order chi connectivity index (χ0) is 29.9. The largest absolute Gasteiger partial charge is 0.493 e. The summed E-state index contributed by atoms with van der Waals surface area (Å²) in [7, 11) is 3.05. The zero-order valence-corrected chi connectivity index (χ0v) is 25.0. The van der Waals surface area contributed by atoms with Gasteiger partial charge in [0.15, 0.2) is 23.1 Å². The molecule has 3 heterocycles. The number of rotatable bonds is 6. The molecule has 43 heavy (non-hydrogen) atoms. The molecule has 1 amide bonds. The van der Waals surface area contributed by atoms with E-state index in [-0.39, 0.29) is 17.5 Å². The number of methoxy groups -OCH3 is 2. The maximum Gasteiger partial charge on any atom is 0.238 e. The minimum Gasteiger partial charge on any atom is -0.493 e. The van der Waals surface area contributed by atoms with Crippen molar-refractivity contribution in [3.8, 4) is 11.5 Å². The van der Waals surface area contributed by atoms with Crippen molar-refractivity contribution in [2.24, 2.45) is 5.92 Å². The van der Waals surface area contributed by atoms with Crippen molar-refractivity contribution in [3.63, 3.8) is 0 Å². The molecule has 3 aliphatic heterocycles. The van der Waals surface area contributed by atoms with Crippen LogP contribution in [0.25, 0.3) is 6.08 Å². The van der Waals surface area contributed by atoms with Crippen LogP contribution in [0.4, 0.5) is 11.4 Å². The summed E-state index contributed by atoms with van der Waals surface area (Å²) in [6.45, 7) is 0. The van der Waals surface area contributed by atoms with E-state index in [0.29, 0.717) is 33.9 Å². The second-order valence-electron chi connectivity index (χ2n) is 10.9. The first-order valence-corrected chi connectivity index (χ1v) is 14.7. The molecular weight excluding hydrogens is 608 g/mol. The molecule has 0 aromatic heterocycles. The molecule has 7 nitrogen and oxygen atoms in total. The monoisotopic (exact) mass is 634 g/mol. The van der Waals surface area contributed by atoms with E-state index >= 15 is 0 Å². The van der Waals surface area contributed by atoms with E-state index in [0.717, 1.165) is 15.7 Å². The molecule has 4 atom stereocenters. The van der Waals surface area contributed by atoms with E-state index in [1.807, 2.05) is 77.7 Å². The smallest absolute Gasteiger partial charge is 0.238 e. The predicted molar refractivity (Wildman–Crippen MR) is 168 cm³/mol. The fourth-order valence-corrected chi connectivity index (χ4v) is 7.34. The van der Waals surface area contributed by atoms with Gasteiger partial charge in [-0.15, -0.1) is 0 Å². The summed E-state index contributed by atoms with van der Waals surface area (Å²) in [6.07, 6.45) is 3.93. The Hall–Kier alpha value is -4.69. The first-order valence-electron chi connectivity index (χ1n) is 13.9. The lowest BCUT2D eigenvalue weighted by Gasteiger charge is -2.37. The molecule has 1 N–H and O–H groups in total. The molecule has 1 spiro atoms. The Bertz CT molecular complexity index is 1830. The molecule has 214 valence electrons. The number of hydrogen-bond donors (Lipinski definition) is 1. The third-order valence-corrected chi connectivity index (χ3v) is 9.40. The maximum atomic E-state index is 14.9. The molecule has 0 unspecified atom stereocenters. The molecule has 4 aromatic carbocycles. The van der Waals surface area contributed by atoms with Crippen molar-refractivity contribution < 1.29 is 23.9 Å². The first-order chi connectivity index (χ1) is 20.9. The average Bonchev–Trinajstić information content (AvgIpc) is 3.52. The minimum atomic E-state index is -1.53. The van der Waals surface area contributed by atoms with Gasteiger partial charge in [0.05, 0.1) is 26.2 Å². The van der Waals surface area contributed by atoms with Gasteiger partial charge in [0.1, 0.15) is 11.5 Å². The number of ketones is 2. The van der Waals surface area contributed by atoms with Crippen molar-refractivity contribution in [2.45, 2.75) is 17.5 Å². The van der Waals surface area contributed by atoms with E-state index < -0.39 is 23.4 Å². The highest BCUT2D eigenvalue weighted by molar-refractivity contribution is 9.10. The van der Waals surface area contributed by atoms with Gasteiger partial charge in [0.2, 0.25) is 5.91 Å². The Labute approximate surface area is 257 Å². The molecule has 1 fully saturated rings. The number of fused-ring (bicyclic) bond motifs is 5. The molecule has 0 radical (unpaired) electrons. The highest BCUT2D eigenvalue weighted by Crippen LogP contribution is 2.58. The molecule has 0 saturated carbocycles. The second-order valence-corrected chi connectivity index (χ2v) is 11.8. The van der Waals surface area contributed by atoms with Crippen LogP contribution in [-0.2, 0) is 10.2 Å². The van der Waals surface area contributed by atoms with Crippen LogP contribution in [0.5, 0.6) is 11.5 Å². The van der Waals surface area contributed by atoms with Gasteiger partial charge >= 0.3 is 0 Å². The van der Waals surface area contributed by atoms with Crippen LogP contribution in [0.1, 0.15) is 31.8 Å². The molecule has 0 aliphatic carbocycles. The number of carbonyl (C=O) groups is 3. The standard InChI is InChI=1S/C35H27BrN2O5/c1-42-28-18-14-22(19-29(28)43-2)31(39)30-27-17-13-20-7-3-6-10-26(20)38(27)33(32(40)21-11-15-23(36)16-12-21)35(30)24-8-4-5-9-25(24)37-34(35)41/h3-19,27,30,33H,1-2H3,(H,37,41)/t27-,30+,33-,35-/m0/s1. The van der Waals surface area contributed by atoms with Crippen LogP contribution < -0.4 is 19.7 Å². The molecule has 8 heteroatoms. The Kier molecular flexibility index (Phi) is 6.47. The van der Waals surface area contributed by atoms with Crippen molar-refractivity contribution in [1.82, 2.24) is 0 Å². The van der Waals surface area contributed by atoms with Crippen molar-refractivity contribution in [3.05, 3.63) is 124 Å². The normalized spacial score (nSPS) is 22.9. The number of hydrogen-bond acceptors (Lipinski definition) is 6. The van der Waals surface area contributed by atoms with Crippen molar-refractivity contribution >= 4 is 50.9 Å². The SMILES string of the molecule is COc1ccc(C(=O)[C@H]2[C@@H]3C=Cc4ccccc4N3[C@@H](C(=O)c3ccc(Br)cc3)[C@@]23C(=O)Nc2ccccc23)cc1OC. The molecule has 3 aliphatic rings. The quantitative estimate of drug-likeness (QED) is 0.250. The number of ether oxygens (including phenoxy) is 2. The topological polar surface area (TPSA) is 84.9 Å². The first kappa shape index (κ1) is 27.2. The third-order valence-electron chi connectivity index (χ3n) is 8.87.